The molecule has 0 spiro atoms. The molecule has 0 aliphatic carbocycles. The highest BCUT2D eigenvalue weighted by Gasteiger charge is 2.14. The zero-order valence-corrected chi connectivity index (χ0v) is 11.8. The van der Waals surface area contributed by atoms with E-state index in [2.05, 4.69) is 10.1 Å². The summed E-state index contributed by atoms with van der Waals surface area (Å²) in [7, 11) is 0. The second kappa shape index (κ2) is 6.45. The summed E-state index contributed by atoms with van der Waals surface area (Å²) in [4.78, 5) is 15.6. The second-order valence-corrected chi connectivity index (χ2v) is 4.59. The predicted molar refractivity (Wildman–Crippen MR) is 71.9 cm³/mol. The van der Waals surface area contributed by atoms with Gasteiger partial charge in [-0.2, -0.15) is 4.98 Å². The van der Waals surface area contributed by atoms with E-state index < -0.39 is 5.91 Å². The lowest BCUT2D eigenvalue weighted by Gasteiger charge is -2.10. The molecule has 0 saturated heterocycles. The summed E-state index contributed by atoms with van der Waals surface area (Å²) in [5.41, 5.74) is 1.05. The lowest BCUT2D eigenvalue weighted by molar-refractivity contribution is -0.164. The van der Waals surface area contributed by atoms with Gasteiger partial charge in [-0.1, -0.05) is 17.3 Å². The number of amides is 1. The highest BCUT2D eigenvalue weighted by Crippen LogP contribution is 2.19. The van der Waals surface area contributed by atoms with E-state index in [0.717, 1.165) is 0 Å². The molecule has 2 aromatic rings. The Labute approximate surface area is 121 Å². The van der Waals surface area contributed by atoms with Crippen molar-refractivity contribution in [3.63, 3.8) is 0 Å². The van der Waals surface area contributed by atoms with Crippen molar-refractivity contribution in [3.8, 4) is 11.4 Å². The molecule has 0 atom stereocenters. The quantitative estimate of drug-likeness (QED) is 0.676. The molecule has 1 aromatic heterocycles. The number of carbonyl (C=O) groups is 1. The number of rotatable bonds is 5. The molecule has 1 aromatic carbocycles. The van der Waals surface area contributed by atoms with E-state index in [4.69, 9.17) is 4.52 Å². The minimum atomic E-state index is -0.418. The SMILES string of the molecule is CCN(O)C(=O)CCc1nc(-c2ccc(C)c(F)c2)no1. The van der Waals surface area contributed by atoms with Crippen molar-refractivity contribution in [2.75, 3.05) is 6.54 Å². The number of hydroxylamine groups is 2. The number of benzene rings is 1. The first kappa shape index (κ1) is 15.1. The van der Waals surface area contributed by atoms with Gasteiger partial charge in [0.05, 0.1) is 0 Å². The van der Waals surface area contributed by atoms with Gasteiger partial charge >= 0.3 is 0 Å². The molecule has 21 heavy (non-hydrogen) atoms. The van der Waals surface area contributed by atoms with Gasteiger partial charge < -0.3 is 4.52 Å². The second-order valence-electron chi connectivity index (χ2n) is 4.59. The molecule has 2 rings (SSSR count). The van der Waals surface area contributed by atoms with Crippen LogP contribution in [0.25, 0.3) is 11.4 Å². The fraction of sp³-hybridized carbons (Fsp3) is 0.357. The maximum atomic E-state index is 13.5. The first-order chi connectivity index (χ1) is 10.0. The third-order valence-corrected chi connectivity index (χ3v) is 3.04. The van der Waals surface area contributed by atoms with E-state index in [-0.39, 0.29) is 36.9 Å². The fourth-order valence-electron chi connectivity index (χ4n) is 1.72. The molecule has 7 heteroatoms. The molecule has 0 aliphatic heterocycles. The predicted octanol–water partition coefficient (Wildman–Crippen LogP) is 2.35. The number of aryl methyl sites for hydroxylation is 2. The van der Waals surface area contributed by atoms with E-state index in [1.807, 2.05) is 0 Å². The average Bonchev–Trinajstić information content (AvgIpc) is 2.95. The molecule has 0 bridgehead atoms. The molecule has 0 aliphatic rings. The minimum absolute atomic E-state index is 0.0637. The van der Waals surface area contributed by atoms with Gasteiger partial charge in [0.2, 0.25) is 17.6 Å². The van der Waals surface area contributed by atoms with Gasteiger partial charge in [-0.25, -0.2) is 9.45 Å². The van der Waals surface area contributed by atoms with Gasteiger partial charge in [-0.05, 0) is 25.5 Å². The van der Waals surface area contributed by atoms with Crippen LogP contribution >= 0.6 is 0 Å². The Morgan fingerprint density at radius 3 is 2.90 bits per heavy atom. The van der Waals surface area contributed by atoms with Crippen molar-refractivity contribution in [2.45, 2.75) is 26.7 Å². The molecule has 1 heterocycles. The summed E-state index contributed by atoms with van der Waals surface area (Å²) < 4.78 is 18.5. The highest BCUT2D eigenvalue weighted by atomic mass is 19.1. The normalized spacial score (nSPS) is 10.7. The first-order valence-corrected chi connectivity index (χ1v) is 6.59. The van der Waals surface area contributed by atoms with Crippen LogP contribution in [-0.2, 0) is 11.2 Å². The van der Waals surface area contributed by atoms with Crippen molar-refractivity contribution in [3.05, 3.63) is 35.5 Å². The molecule has 0 fully saturated rings. The molecule has 0 unspecified atom stereocenters. The van der Waals surface area contributed by atoms with Crippen molar-refractivity contribution in [1.29, 1.82) is 0 Å². The summed E-state index contributed by atoms with van der Waals surface area (Å²) in [6.07, 6.45) is 0.283. The van der Waals surface area contributed by atoms with Crippen LogP contribution < -0.4 is 0 Å². The Kier molecular flexibility index (Phi) is 4.64. The summed E-state index contributed by atoms with van der Waals surface area (Å²) >= 11 is 0. The van der Waals surface area contributed by atoms with E-state index in [1.54, 1.807) is 26.0 Å². The maximum Gasteiger partial charge on any atom is 0.246 e. The summed E-state index contributed by atoms with van der Waals surface area (Å²) in [5, 5.41) is 13.6. The number of aromatic nitrogens is 2. The summed E-state index contributed by atoms with van der Waals surface area (Å²) in [6, 6.07) is 4.67. The smallest absolute Gasteiger partial charge is 0.246 e. The van der Waals surface area contributed by atoms with Gasteiger partial charge in [0, 0.05) is 24.9 Å². The molecule has 0 saturated carbocycles. The van der Waals surface area contributed by atoms with Crippen LogP contribution in [0, 0.1) is 12.7 Å². The topological polar surface area (TPSA) is 79.5 Å². The minimum Gasteiger partial charge on any atom is -0.339 e. The number of halogens is 1. The zero-order chi connectivity index (χ0) is 15.4. The van der Waals surface area contributed by atoms with E-state index in [1.165, 1.54) is 6.07 Å². The van der Waals surface area contributed by atoms with Gasteiger partial charge in [0.15, 0.2) is 0 Å². The molecule has 1 amide bonds. The fourth-order valence-corrected chi connectivity index (χ4v) is 1.72. The van der Waals surface area contributed by atoms with Gasteiger partial charge in [0.1, 0.15) is 5.82 Å². The van der Waals surface area contributed by atoms with Crippen LogP contribution in [-0.4, -0.2) is 32.9 Å². The van der Waals surface area contributed by atoms with Crippen LogP contribution in [0.3, 0.4) is 0 Å². The Morgan fingerprint density at radius 1 is 1.48 bits per heavy atom. The highest BCUT2D eigenvalue weighted by molar-refractivity contribution is 5.74. The Morgan fingerprint density at radius 2 is 2.24 bits per heavy atom. The van der Waals surface area contributed by atoms with Crippen LogP contribution in [0.15, 0.2) is 22.7 Å². The van der Waals surface area contributed by atoms with Crippen LogP contribution in [0.5, 0.6) is 0 Å². The number of hydrogen-bond donors (Lipinski definition) is 1. The summed E-state index contributed by atoms with van der Waals surface area (Å²) in [6.45, 7) is 3.55. The molecule has 1 N–H and O–H groups in total. The third kappa shape index (κ3) is 3.63. The Bertz CT molecular complexity index is 642. The first-order valence-electron chi connectivity index (χ1n) is 6.59. The standard InChI is InChI=1S/C14H16FN3O3/c1-3-18(20)13(19)7-6-12-16-14(17-21-12)10-5-4-9(2)11(15)8-10/h4-5,8,20H,3,6-7H2,1-2H3. The largest absolute Gasteiger partial charge is 0.339 e. The van der Waals surface area contributed by atoms with Crippen LogP contribution in [0.1, 0.15) is 24.8 Å². The lowest BCUT2D eigenvalue weighted by Crippen LogP contribution is -2.27. The average molecular weight is 293 g/mol. The van der Waals surface area contributed by atoms with E-state index in [0.29, 0.717) is 16.2 Å². The van der Waals surface area contributed by atoms with Crippen molar-refractivity contribution >= 4 is 5.91 Å². The van der Waals surface area contributed by atoms with Crippen molar-refractivity contribution in [1.82, 2.24) is 15.2 Å². The van der Waals surface area contributed by atoms with Crippen molar-refractivity contribution < 1.29 is 18.9 Å². The third-order valence-electron chi connectivity index (χ3n) is 3.04. The monoisotopic (exact) mass is 293 g/mol. The Hall–Kier alpha value is -2.28. The number of carbonyl (C=O) groups excluding carboxylic acids is 1. The maximum absolute atomic E-state index is 13.5. The molecule has 112 valence electrons. The Balaban J connectivity index is 2.04. The number of nitrogens with zero attached hydrogens (tertiary/aromatic N) is 3. The lowest BCUT2D eigenvalue weighted by atomic mass is 10.1. The van der Waals surface area contributed by atoms with Gasteiger partial charge in [-0.15, -0.1) is 0 Å². The zero-order valence-electron chi connectivity index (χ0n) is 11.8. The molecular formula is C14H16FN3O3. The van der Waals surface area contributed by atoms with Crippen LogP contribution in [0.2, 0.25) is 0 Å². The van der Waals surface area contributed by atoms with E-state index in [9.17, 15) is 14.4 Å². The van der Waals surface area contributed by atoms with Crippen molar-refractivity contribution in [2.24, 2.45) is 0 Å². The molecule has 6 nitrogen and oxygen atoms in total. The molecule has 0 radical (unpaired) electrons. The van der Waals surface area contributed by atoms with Crippen LogP contribution in [0.4, 0.5) is 4.39 Å². The van der Waals surface area contributed by atoms with Gasteiger partial charge in [-0.3, -0.25) is 10.0 Å². The number of hydrogen-bond acceptors (Lipinski definition) is 5. The van der Waals surface area contributed by atoms with E-state index >= 15 is 0 Å². The summed E-state index contributed by atoms with van der Waals surface area (Å²) in [5.74, 6) is -0.219. The molecular weight excluding hydrogens is 277 g/mol. The van der Waals surface area contributed by atoms with Gasteiger partial charge in [0.25, 0.3) is 0 Å².